The minimum atomic E-state index is 0.0452. The molecule has 2 nitrogen and oxygen atoms in total. The maximum Gasteiger partial charge on any atom is 0.308 e. The molecule has 0 radical (unpaired) electrons. The van der Waals surface area contributed by atoms with Crippen molar-refractivity contribution in [3.05, 3.63) is 0 Å². The van der Waals surface area contributed by atoms with Gasteiger partial charge in [0, 0.05) is 0 Å². The molecule has 0 heterocycles. The Labute approximate surface area is 120 Å². The molecule has 0 amide bonds. The van der Waals surface area contributed by atoms with E-state index in [1.54, 1.807) is 0 Å². The van der Waals surface area contributed by atoms with E-state index in [9.17, 15) is 4.79 Å². The first kappa shape index (κ1) is 18.5. The van der Waals surface area contributed by atoms with Gasteiger partial charge in [0.15, 0.2) is 0 Å². The van der Waals surface area contributed by atoms with Crippen LogP contribution >= 0.6 is 0 Å². The predicted molar refractivity (Wildman–Crippen MR) is 82.3 cm³/mol. The van der Waals surface area contributed by atoms with E-state index in [4.69, 9.17) is 4.74 Å². The Hall–Kier alpha value is -0.530. The number of unbranched alkanes of at least 4 members (excludes halogenated alkanes) is 6. The summed E-state index contributed by atoms with van der Waals surface area (Å²) in [6, 6.07) is 0. The smallest absolute Gasteiger partial charge is 0.308 e. The van der Waals surface area contributed by atoms with Gasteiger partial charge in [0.2, 0.25) is 0 Å². The van der Waals surface area contributed by atoms with Gasteiger partial charge in [0.05, 0.1) is 12.5 Å². The minimum absolute atomic E-state index is 0.0452. The van der Waals surface area contributed by atoms with Crippen LogP contribution in [0, 0.1) is 5.92 Å². The summed E-state index contributed by atoms with van der Waals surface area (Å²) < 4.78 is 5.42. The molecule has 0 aromatic heterocycles. The van der Waals surface area contributed by atoms with Crippen molar-refractivity contribution in [3.63, 3.8) is 0 Å². The van der Waals surface area contributed by atoms with Crippen LogP contribution in [0.5, 0.6) is 0 Å². The van der Waals surface area contributed by atoms with E-state index in [0.29, 0.717) is 6.61 Å². The topological polar surface area (TPSA) is 26.3 Å². The maximum atomic E-state index is 12.0. The van der Waals surface area contributed by atoms with E-state index in [2.05, 4.69) is 20.8 Å². The lowest BCUT2D eigenvalue weighted by molar-refractivity contribution is -0.149. The van der Waals surface area contributed by atoms with Crippen molar-refractivity contribution in [2.75, 3.05) is 6.61 Å². The number of carbonyl (C=O) groups excluding carboxylic acids is 1. The number of hydrogen-bond acceptors (Lipinski definition) is 2. The highest BCUT2D eigenvalue weighted by molar-refractivity contribution is 5.72. The highest BCUT2D eigenvalue weighted by Gasteiger charge is 2.18. The molecular formula is C17H34O2. The lowest BCUT2D eigenvalue weighted by atomic mass is 9.97. The van der Waals surface area contributed by atoms with Gasteiger partial charge in [0.1, 0.15) is 0 Å². The van der Waals surface area contributed by atoms with E-state index in [1.807, 2.05) is 0 Å². The van der Waals surface area contributed by atoms with Crippen LogP contribution in [0.3, 0.4) is 0 Å². The van der Waals surface area contributed by atoms with Crippen LogP contribution in [0.25, 0.3) is 0 Å². The standard InChI is InChI=1S/C17H34O2/c1-4-7-9-10-11-12-15-19-17(18)16(13-6-3)14-8-5-2/h16H,4-15H2,1-3H3. The monoisotopic (exact) mass is 270 g/mol. The van der Waals surface area contributed by atoms with Crippen molar-refractivity contribution in [1.82, 2.24) is 0 Å². The molecule has 0 saturated carbocycles. The average Bonchev–Trinajstić information content (AvgIpc) is 2.42. The third kappa shape index (κ3) is 11.0. The van der Waals surface area contributed by atoms with Gasteiger partial charge < -0.3 is 4.74 Å². The molecule has 0 aliphatic rings. The Balaban J connectivity index is 3.62. The molecule has 1 unspecified atom stereocenters. The molecule has 0 N–H and O–H groups in total. The van der Waals surface area contributed by atoms with Crippen LogP contribution in [0.4, 0.5) is 0 Å². The second-order valence-electron chi connectivity index (χ2n) is 5.56. The zero-order valence-electron chi connectivity index (χ0n) is 13.4. The summed E-state index contributed by atoms with van der Waals surface area (Å²) in [5.74, 6) is 0.189. The Morgan fingerprint density at radius 3 is 2.05 bits per heavy atom. The van der Waals surface area contributed by atoms with Crippen LogP contribution in [0.2, 0.25) is 0 Å². The Kier molecular flexibility index (Phi) is 13.5. The summed E-state index contributed by atoms with van der Waals surface area (Å²) in [6.45, 7) is 7.16. The van der Waals surface area contributed by atoms with E-state index in [-0.39, 0.29) is 11.9 Å². The number of carbonyl (C=O) groups is 1. The van der Waals surface area contributed by atoms with Gasteiger partial charge in [0.25, 0.3) is 0 Å². The molecule has 0 aliphatic carbocycles. The van der Waals surface area contributed by atoms with Crippen molar-refractivity contribution >= 4 is 5.97 Å². The second-order valence-corrected chi connectivity index (χ2v) is 5.56. The molecule has 1 atom stereocenters. The van der Waals surface area contributed by atoms with Gasteiger partial charge in [-0.1, -0.05) is 72.1 Å². The molecule has 19 heavy (non-hydrogen) atoms. The molecule has 0 saturated heterocycles. The average molecular weight is 270 g/mol. The summed E-state index contributed by atoms with van der Waals surface area (Å²) in [6.07, 6.45) is 12.8. The fourth-order valence-electron chi connectivity index (χ4n) is 2.35. The summed E-state index contributed by atoms with van der Waals surface area (Å²) in [4.78, 5) is 12.0. The third-order valence-corrected chi connectivity index (χ3v) is 3.62. The molecule has 114 valence electrons. The van der Waals surface area contributed by atoms with Gasteiger partial charge in [-0.25, -0.2) is 0 Å². The van der Waals surface area contributed by atoms with E-state index >= 15 is 0 Å². The van der Waals surface area contributed by atoms with E-state index < -0.39 is 0 Å². The van der Waals surface area contributed by atoms with Gasteiger partial charge in [-0.15, -0.1) is 0 Å². The molecule has 0 spiro atoms. The van der Waals surface area contributed by atoms with Crippen LogP contribution in [0.1, 0.15) is 91.4 Å². The zero-order valence-corrected chi connectivity index (χ0v) is 13.4. The first-order chi connectivity index (χ1) is 9.26. The predicted octanol–water partition coefficient (Wildman–Crippen LogP) is 5.50. The largest absolute Gasteiger partial charge is 0.465 e. The third-order valence-electron chi connectivity index (χ3n) is 3.62. The first-order valence-corrected chi connectivity index (χ1v) is 8.42. The lowest BCUT2D eigenvalue weighted by Gasteiger charge is -2.14. The number of rotatable bonds is 13. The van der Waals surface area contributed by atoms with Crippen molar-refractivity contribution in [2.24, 2.45) is 5.92 Å². The summed E-state index contributed by atoms with van der Waals surface area (Å²) in [5.41, 5.74) is 0. The van der Waals surface area contributed by atoms with Crippen molar-refractivity contribution < 1.29 is 9.53 Å². The maximum absolute atomic E-state index is 12.0. The van der Waals surface area contributed by atoms with Crippen molar-refractivity contribution in [3.8, 4) is 0 Å². The normalized spacial score (nSPS) is 12.4. The number of esters is 1. The van der Waals surface area contributed by atoms with E-state index in [0.717, 1.165) is 38.5 Å². The summed E-state index contributed by atoms with van der Waals surface area (Å²) in [5, 5.41) is 0. The Morgan fingerprint density at radius 1 is 0.789 bits per heavy atom. The molecular weight excluding hydrogens is 236 g/mol. The molecule has 0 rings (SSSR count). The summed E-state index contributed by atoms with van der Waals surface area (Å²) in [7, 11) is 0. The van der Waals surface area contributed by atoms with Crippen LogP contribution in [-0.2, 0) is 9.53 Å². The first-order valence-electron chi connectivity index (χ1n) is 8.42. The van der Waals surface area contributed by atoms with Crippen LogP contribution in [0.15, 0.2) is 0 Å². The SMILES string of the molecule is CCCCCCCCOC(=O)C(CCC)CCCC. The Morgan fingerprint density at radius 2 is 1.42 bits per heavy atom. The van der Waals surface area contributed by atoms with Gasteiger partial charge in [-0.05, 0) is 19.3 Å². The molecule has 0 aromatic carbocycles. The van der Waals surface area contributed by atoms with Crippen molar-refractivity contribution in [2.45, 2.75) is 91.4 Å². The Bertz CT molecular complexity index is 201. The highest BCUT2D eigenvalue weighted by Crippen LogP contribution is 2.17. The molecule has 2 heteroatoms. The summed E-state index contributed by atoms with van der Waals surface area (Å²) >= 11 is 0. The number of hydrogen-bond donors (Lipinski definition) is 0. The lowest BCUT2D eigenvalue weighted by Crippen LogP contribution is -2.18. The quantitative estimate of drug-likeness (QED) is 0.326. The van der Waals surface area contributed by atoms with Gasteiger partial charge >= 0.3 is 5.97 Å². The van der Waals surface area contributed by atoms with Gasteiger partial charge in [-0.3, -0.25) is 4.79 Å². The van der Waals surface area contributed by atoms with Crippen LogP contribution in [-0.4, -0.2) is 12.6 Å². The van der Waals surface area contributed by atoms with Crippen LogP contribution < -0.4 is 0 Å². The molecule has 0 aromatic rings. The van der Waals surface area contributed by atoms with Crippen molar-refractivity contribution in [1.29, 1.82) is 0 Å². The zero-order chi connectivity index (χ0) is 14.3. The molecule has 0 aliphatic heterocycles. The number of ether oxygens (including phenoxy) is 1. The van der Waals surface area contributed by atoms with Gasteiger partial charge in [-0.2, -0.15) is 0 Å². The highest BCUT2D eigenvalue weighted by atomic mass is 16.5. The van der Waals surface area contributed by atoms with E-state index in [1.165, 1.54) is 32.1 Å². The fraction of sp³-hybridized carbons (Fsp3) is 0.941. The fourth-order valence-corrected chi connectivity index (χ4v) is 2.35. The second kappa shape index (κ2) is 13.9. The molecule has 0 bridgehead atoms. The minimum Gasteiger partial charge on any atom is -0.465 e. The molecule has 0 fully saturated rings.